The Balaban J connectivity index is 4.44. The van der Waals surface area contributed by atoms with Crippen molar-refractivity contribution in [2.75, 3.05) is 13.2 Å². The smallest absolute Gasteiger partial charge is 0.306 e. The molecule has 0 fully saturated rings. The summed E-state index contributed by atoms with van der Waals surface area (Å²) < 4.78 is 16.8. The van der Waals surface area contributed by atoms with Crippen LogP contribution in [-0.4, -0.2) is 37.2 Å². The molecule has 6 nitrogen and oxygen atoms in total. The maximum absolute atomic E-state index is 12.8. The molecule has 0 aliphatic heterocycles. The van der Waals surface area contributed by atoms with E-state index in [1.165, 1.54) is 128 Å². The van der Waals surface area contributed by atoms with Crippen LogP contribution in [0.15, 0.2) is 72.9 Å². The Labute approximate surface area is 408 Å². The predicted molar refractivity (Wildman–Crippen MR) is 284 cm³/mol. The molecule has 0 aromatic heterocycles. The first-order valence-corrected chi connectivity index (χ1v) is 27.9. The van der Waals surface area contributed by atoms with E-state index in [0.29, 0.717) is 19.3 Å². The third-order valence-electron chi connectivity index (χ3n) is 11.9. The van der Waals surface area contributed by atoms with E-state index in [-0.39, 0.29) is 31.1 Å². The van der Waals surface area contributed by atoms with Crippen LogP contribution in [0, 0.1) is 0 Å². The van der Waals surface area contributed by atoms with Crippen molar-refractivity contribution >= 4 is 17.9 Å². The minimum Gasteiger partial charge on any atom is -0.462 e. The van der Waals surface area contributed by atoms with Crippen molar-refractivity contribution in [1.29, 1.82) is 0 Å². The largest absolute Gasteiger partial charge is 0.462 e. The van der Waals surface area contributed by atoms with E-state index in [1.807, 2.05) is 0 Å². The first-order chi connectivity index (χ1) is 32.5. The fourth-order valence-electron chi connectivity index (χ4n) is 7.72. The Morgan fingerprint density at radius 3 is 0.939 bits per heavy atom. The predicted octanol–water partition coefficient (Wildman–Crippen LogP) is 18.6. The lowest BCUT2D eigenvalue weighted by Crippen LogP contribution is -2.30. The van der Waals surface area contributed by atoms with E-state index >= 15 is 0 Å². The highest BCUT2D eigenvalue weighted by molar-refractivity contribution is 5.71. The Morgan fingerprint density at radius 2 is 0.591 bits per heavy atom. The summed E-state index contributed by atoms with van der Waals surface area (Å²) in [6.45, 7) is 6.49. The molecule has 0 aromatic rings. The average molecular weight is 921 g/mol. The molecule has 1 unspecified atom stereocenters. The lowest BCUT2D eigenvalue weighted by atomic mass is 10.1. The second-order valence-electron chi connectivity index (χ2n) is 18.5. The number of hydrogen-bond donors (Lipinski definition) is 0. The molecule has 0 radical (unpaired) electrons. The van der Waals surface area contributed by atoms with Crippen molar-refractivity contribution in [3.05, 3.63) is 72.9 Å². The summed E-state index contributed by atoms with van der Waals surface area (Å²) in [6.07, 6.45) is 68.8. The molecule has 0 rings (SSSR count). The maximum Gasteiger partial charge on any atom is 0.306 e. The van der Waals surface area contributed by atoms with Crippen LogP contribution < -0.4 is 0 Å². The van der Waals surface area contributed by atoms with Gasteiger partial charge in [0.15, 0.2) is 6.10 Å². The molecular weight excluding hydrogens is 817 g/mol. The molecule has 1 atom stereocenters. The van der Waals surface area contributed by atoms with Gasteiger partial charge in [0.1, 0.15) is 13.2 Å². The van der Waals surface area contributed by atoms with Crippen LogP contribution in [0.25, 0.3) is 0 Å². The van der Waals surface area contributed by atoms with Gasteiger partial charge in [0.2, 0.25) is 0 Å². The van der Waals surface area contributed by atoms with E-state index in [4.69, 9.17) is 14.2 Å². The molecule has 6 heteroatoms. The lowest BCUT2D eigenvalue weighted by Gasteiger charge is -2.18. The Hall–Kier alpha value is -3.15. The van der Waals surface area contributed by atoms with E-state index < -0.39 is 6.10 Å². The number of allylic oxidation sites excluding steroid dienone is 12. The summed E-state index contributed by atoms with van der Waals surface area (Å²) >= 11 is 0. The van der Waals surface area contributed by atoms with Crippen molar-refractivity contribution in [1.82, 2.24) is 0 Å². The first-order valence-electron chi connectivity index (χ1n) is 27.9. The zero-order valence-corrected chi connectivity index (χ0v) is 43.4. The van der Waals surface area contributed by atoms with E-state index in [2.05, 4.69) is 93.7 Å². The van der Waals surface area contributed by atoms with Gasteiger partial charge in [-0.05, 0) is 109 Å². The number of ether oxygens (including phenoxy) is 3. The maximum atomic E-state index is 12.8. The van der Waals surface area contributed by atoms with Crippen molar-refractivity contribution in [2.24, 2.45) is 0 Å². The van der Waals surface area contributed by atoms with Gasteiger partial charge in [-0.25, -0.2) is 0 Å². The average Bonchev–Trinajstić information content (AvgIpc) is 3.31. The molecular formula is C60H104O6. The number of rotatable bonds is 50. The molecule has 380 valence electrons. The molecule has 0 spiro atoms. The van der Waals surface area contributed by atoms with Gasteiger partial charge >= 0.3 is 17.9 Å². The minimum atomic E-state index is -0.791. The van der Waals surface area contributed by atoms with Crippen molar-refractivity contribution in [3.8, 4) is 0 Å². The second kappa shape index (κ2) is 54.5. The third-order valence-corrected chi connectivity index (χ3v) is 11.9. The first kappa shape index (κ1) is 62.8. The van der Waals surface area contributed by atoms with Crippen LogP contribution >= 0.6 is 0 Å². The fourth-order valence-corrected chi connectivity index (χ4v) is 7.72. The second-order valence-corrected chi connectivity index (χ2v) is 18.5. The van der Waals surface area contributed by atoms with Crippen LogP contribution in [0.1, 0.15) is 271 Å². The molecule has 0 N–H and O–H groups in total. The fraction of sp³-hybridized carbons (Fsp3) is 0.750. The number of unbranched alkanes of at least 4 members (excludes halogenated alkanes) is 27. The molecule has 0 saturated carbocycles. The number of carbonyl (C=O) groups excluding carboxylic acids is 3. The monoisotopic (exact) mass is 921 g/mol. The summed E-state index contributed by atoms with van der Waals surface area (Å²) in [5, 5.41) is 0. The molecule has 0 amide bonds. The topological polar surface area (TPSA) is 78.9 Å². The van der Waals surface area contributed by atoms with Gasteiger partial charge in [0.05, 0.1) is 0 Å². The molecule has 66 heavy (non-hydrogen) atoms. The minimum absolute atomic E-state index is 0.0890. The molecule has 0 aliphatic carbocycles. The van der Waals surface area contributed by atoms with Crippen molar-refractivity contribution in [2.45, 2.75) is 277 Å². The summed E-state index contributed by atoms with van der Waals surface area (Å²) in [4.78, 5) is 38.1. The summed E-state index contributed by atoms with van der Waals surface area (Å²) in [7, 11) is 0. The quantitative estimate of drug-likeness (QED) is 0.0262. The van der Waals surface area contributed by atoms with Crippen LogP contribution in [0.2, 0.25) is 0 Å². The summed E-state index contributed by atoms with van der Waals surface area (Å²) in [5.41, 5.74) is 0. The van der Waals surface area contributed by atoms with Crippen molar-refractivity contribution < 1.29 is 28.6 Å². The number of esters is 3. The van der Waals surface area contributed by atoms with Gasteiger partial charge in [-0.3, -0.25) is 14.4 Å². The van der Waals surface area contributed by atoms with Crippen molar-refractivity contribution in [3.63, 3.8) is 0 Å². The highest BCUT2D eigenvalue weighted by Gasteiger charge is 2.19. The molecule has 0 aliphatic rings. The van der Waals surface area contributed by atoms with Crippen LogP contribution in [0.4, 0.5) is 0 Å². The van der Waals surface area contributed by atoms with Gasteiger partial charge in [-0.15, -0.1) is 0 Å². The highest BCUT2D eigenvalue weighted by atomic mass is 16.6. The van der Waals surface area contributed by atoms with Crippen LogP contribution in [-0.2, 0) is 28.6 Å². The number of carbonyl (C=O) groups is 3. The van der Waals surface area contributed by atoms with E-state index in [0.717, 1.165) is 103 Å². The molecule has 0 bridgehead atoms. The van der Waals surface area contributed by atoms with Crippen LogP contribution in [0.3, 0.4) is 0 Å². The van der Waals surface area contributed by atoms with E-state index in [1.54, 1.807) is 0 Å². The van der Waals surface area contributed by atoms with Gasteiger partial charge < -0.3 is 14.2 Å². The highest BCUT2D eigenvalue weighted by Crippen LogP contribution is 2.14. The molecule has 0 saturated heterocycles. The molecule has 0 heterocycles. The van der Waals surface area contributed by atoms with Gasteiger partial charge in [-0.1, -0.05) is 216 Å². The molecule has 0 aromatic carbocycles. The lowest BCUT2D eigenvalue weighted by molar-refractivity contribution is -0.167. The summed E-state index contributed by atoms with van der Waals surface area (Å²) in [5.74, 6) is -0.919. The Morgan fingerprint density at radius 1 is 0.318 bits per heavy atom. The summed E-state index contributed by atoms with van der Waals surface area (Å²) in [6, 6.07) is 0. The van der Waals surface area contributed by atoms with Crippen LogP contribution in [0.5, 0.6) is 0 Å². The van der Waals surface area contributed by atoms with Gasteiger partial charge in [0.25, 0.3) is 0 Å². The van der Waals surface area contributed by atoms with Gasteiger partial charge in [-0.2, -0.15) is 0 Å². The zero-order chi connectivity index (χ0) is 47.9. The van der Waals surface area contributed by atoms with E-state index in [9.17, 15) is 14.4 Å². The zero-order valence-electron chi connectivity index (χ0n) is 43.4. The SMILES string of the molecule is CC/C=C\C/C=C\C/C=C\C/C=C\CCCCCCC(=O)OCC(COC(=O)CCCCCCC/C=C\CCCCCCC)OC(=O)CCCCCCCCC/C=C\CCCCCCCC. The Kier molecular flexibility index (Phi) is 51.9. The normalized spacial score (nSPS) is 12.6. The standard InChI is InChI=1S/C60H104O6/c1-4-7-10-13-16-19-22-25-28-30-32-35-38-41-44-47-50-53-59(62)65-56-57(55-64-58(61)52-49-46-43-40-37-34-27-24-21-18-15-12-9-6-3)66-60(63)54-51-48-45-42-39-36-33-31-29-26-23-20-17-14-11-8-5-2/h7,10,16,19,24-29,32,35,57H,4-6,8-9,11-15,17-18,20-23,30-31,33-34,36-56H2,1-3H3/b10-7-,19-16-,27-24-,28-25-,29-26-,35-32-. The third kappa shape index (κ3) is 51.8. The van der Waals surface area contributed by atoms with Gasteiger partial charge in [0, 0.05) is 19.3 Å². The number of hydrogen-bond acceptors (Lipinski definition) is 6. The Bertz CT molecular complexity index is 1240.